The molecule has 0 aliphatic heterocycles. The number of aryl methyl sites for hydroxylation is 1. The standard InChI is InChI=1S/C14H20O2/c1-4-5-12(3)10-16-14-7-6-11(2)8-13(14)9-15/h6-9,12H,4-5,10H2,1-3H3. The van der Waals surface area contributed by atoms with Crippen molar-refractivity contribution >= 4 is 6.29 Å². The van der Waals surface area contributed by atoms with Crippen LogP contribution in [0.1, 0.15) is 42.6 Å². The molecule has 0 saturated carbocycles. The normalized spacial score (nSPS) is 12.2. The molecule has 0 amide bonds. The fraction of sp³-hybridized carbons (Fsp3) is 0.500. The number of rotatable bonds is 6. The van der Waals surface area contributed by atoms with Crippen LogP contribution in [0.15, 0.2) is 18.2 Å². The maximum atomic E-state index is 10.9. The Balaban J connectivity index is 2.62. The van der Waals surface area contributed by atoms with E-state index in [0.717, 1.165) is 18.3 Å². The van der Waals surface area contributed by atoms with Crippen molar-refractivity contribution < 1.29 is 9.53 Å². The van der Waals surface area contributed by atoms with Gasteiger partial charge in [0.1, 0.15) is 5.75 Å². The molecule has 2 nitrogen and oxygen atoms in total. The Morgan fingerprint density at radius 3 is 2.81 bits per heavy atom. The highest BCUT2D eigenvalue weighted by molar-refractivity contribution is 5.79. The second-order valence-electron chi connectivity index (χ2n) is 4.36. The molecule has 0 heterocycles. The van der Waals surface area contributed by atoms with Crippen LogP contribution in [0, 0.1) is 12.8 Å². The molecule has 2 heteroatoms. The zero-order valence-corrected chi connectivity index (χ0v) is 10.3. The van der Waals surface area contributed by atoms with Crippen LogP contribution in [-0.2, 0) is 0 Å². The summed E-state index contributed by atoms with van der Waals surface area (Å²) in [4.78, 5) is 10.9. The third kappa shape index (κ3) is 3.69. The first-order valence-corrected chi connectivity index (χ1v) is 5.86. The molecule has 0 aliphatic rings. The molecule has 1 aromatic rings. The minimum atomic E-state index is 0.533. The largest absolute Gasteiger partial charge is 0.493 e. The van der Waals surface area contributed by atoms with Crippen molar-refractivity contribution in [3.05, 3.63) is 29.3 Å². The smallest absolute Gasteiger partial charge is 0.153 e. The zero-order chi connectivity index (χ0) is 12.0. The Hall–Kier alpha value is -1.31. The molecule has 0 aliphatic carbocycles. The van der Waals surface area contributed by atoms with E-state index in [1.54, 1.807) is 0 Å². The summed E-state index contributed by atoms with van der Waals surface area (Å²) in [6.45, 7) is 6.98. The highest BCUT2D eigenvalue weighted by Gasteiger charge is 2.06. The average molecular weight is 220 g/mol. The molecule has 0 spiro atoms. The summed E-state index contributed by atoms with van der Waals surface area (Å²) in [5.41, 5.74) is 1.72. The van der Waals surface area contributed by atoms with Crippen LogP contribution in [0.3, 0.4) is 0 Å². The molecular formula is C14H20O2. The van der Waals surface area contributed by atoms with Crippen molar-refractivity contribution in [3.8, 4) is 5.75 Å². The van der Waals surface area contributed by atoms with E-state index in [1.807, 2.05) is 25.1 Å². The molecule has 88 valence electrons. The van der Waals surface area contributed by atoms with Crippen LogP contribution in [-0.4, -0.2) is 12.9 Å². The van der Waals surface area contributed by atoms with Gasteiger partial charge in [0.2, 0.25) is 0 Å². The fourth-order valence-electron chi connectivity index (χ4n) is 1.70. The first kappa shape index (κ1) is 12.8. The molecule has 1 aromatic carbocycles. The Bertz CT molecular complexity index is 345. The monoisotopic (exact) mass is 220 g/mol. The number of carbonyl (C=O) groups excluding carboxylic acids is 1. The zero-order valence-electron chi connectivity index (χ0n) is 10.3. The van der Waals surface area contributed by atoms with E-state index >= 15 is 0 Å². The summed E-state index contributed by atoms with van der Waals surface area (Å²) in [5, 5.41) is 0. The van der Waals surface area contributed by atoms with Crippen LogP contribution >= 0.6 is 0 Å². The minimum Gasteiger partial charge on any atom is -0.493 e. The van der Waals surface area contributed by atoms with Crippen molar-refractivity contribution in [2.75, 3.05) is 6.61 Å². The molecule has 0 bridgehead atoms. The van der Waals surface area contributed by atoms with Crippen molar-refractivity contribution in [2.45, 2.75) is 33.6 Å². The van der Waals surface area contributed by atoms with Crippen molar-refractivity contribution in [3.63, 3.8) is 0 Å². The van der Waals surface area contributed by atoms with Crippen LogP contribution < -0.4 is 4.74 Å². The molecule has 1 unspecified atom stereocenters. The molecule has 16 heavy (non-hydrogen) atoms. The summed E-state index contributed by atoms with van der Waals surface area (Å²) in [7, 11) is 0. The van der Waals surface area contributed by atoms with Gasteiger partial charge in [0.15, 0.2) is 6.29 Å². The van der Waals surface area contributed by atoms with Gasteiger partial charge >= 0.3 is 0 Å². The number of carbonyl (C=O) groups is 1. The lowest BCUT2D eigenvalue weighted by molar-refractivity contribution is 0.111. The number of hydrogen-bond acceptors (Lipinski definition) is 2. The summed E-state index contributed by atoms with van der Waals surface area (Å²) in [5.74, 6) is 1.23. The first-order chi connectivity index (χ1) is 7.67. The van der Waals surface area contributed by atoms with E-state index in [9.17, 15) is 4.79 Å². The van der Waals surface area contributed by atoms with Gasteiger partial charge in [-0.25, -0.2) is 0 Å². The van der Waals surface area contributed by atoms with Gasteiger partial charge in [-0.05, 0) is 31.4 Å². The van der Waals surface area contributed by atoms with Gasteiger partial charge in [-0.15, -0.1) is 0 Å². The maximum absolute atomic E-state index is 10.9. The van der Waals surface area contributed by atoms with Crippen molar-refractivity contribution in [2.24, 2.45) is 5.92 Å². The second-order valence-corrected chi connectivity index (χ2v) is 4.36. The van der Waals surface area contributed by atoms with E-state index in [-0.39, 0.29) is 0 Å². The predicted octanol–water partition coefficient (Wildman–Crippen LogP) is 3.62. The average Bonchev–Trinajstić information content (AvgIpc) is 2.27. The Morgan fingerprint density at radius 1 is 1.44 bits per heavy atom. The summed E-state index contributed by atoms with van der Waals surface area (Å²) in [6, 6.07) is 5.69. The number of hydrogen-bond donors (Lipinski definition) is 0. The molecule has 1 atom stereocenters. The molecule has 0 fully saturated rings. The lowest BCUT2D eigenvalue weighted by Gasteiger charge is -2.13. The van der Waals surface area contributed by atoms with Crippen molar-refractivity contribution in [1.29, 1.82) is 0 Å². The predicted molar refractivity (Wildman–Crippen MR) is 66.1 cm³/mol. The van der Waals surface area contributed by atoms with Gasteiger partial charge in [0.05, 0.1) is 12.2 Å². The summed E-state index contributed by atoms with van der Waals surface area (Å²) < 4.78 is 5.67. The van der Waals surface area contributed by atoms with Gasteiger partial charge in [0.25, 0.3) is 0 Å². The van der Waals surface area contributed by atoms with Gasteiger partial charge in [-0.3, -0.25) is 4.79 Å². The van der Waals surface area contributed by atoms with Crippen LogP contribution in [0.25, 0.3) is 0 Å². The van der Waals surface area contributed by atoms with Gasteiger partial charge in [0, 0.05) is 0 Å². The Kier molecular flexibility index (Phi) is 5.03. The Morgan fingerprint density at radius 2 is 2.19 bits per heavy atom. The third-order valence-corrected chi connectivity index (χ3v) is 2.60. The van der Waals surface area contributed by atoms with Gasteiger partial charge in [-0.2, -0.15) is 0 Å². The number of ether oxygens (including phenoxy) is 1. The maximum Gasteiger partial charge on any atom is 0.153 e. The van der Waals surface area contributed by atoms with Gasteiger partial charge in [-0.1, -0.05) is 31.9 Å². The van der Waals surface area contributed by atoms with Crippen LogP contribution in [0.5, 0.6) is 5.75 Å². The Labute approximate surface area is 97.6 Å². The van der Waals surface area contributed by atoms with E-state index < -0.39 is 0 Å². The highest BCUT2D eigenvalue weighted by atomic mass is 16.5. The van der Waals surface area contributed by atoms with E-state index in [0.29, 0.717) is 23.8 Å². The molecule has 0 aromatic heterocycles. The third-order valence-electron chi connectivity index (χ3n) is 2.60. The molecule has 0 radical (unpaired) electrons. The number of aldehydes is 1. The molecule has 0 N–H and O–H groups in total. The molecule has 1 rings (SSSR count). The fourth-order valence-corrected chi connectivity index (χ4v) is 1.70. The summed E-state index contributed by atoms with van der Waals surface area (Å²) >= 11 is 0. The summed E-state index contributed by atoms with van der Waals surface area (Å²) in [6.07, 6.45) is 3.17. The van der Waals surface area contributed by atoms with E-state index in [2.05, 4.69) is 13.8 Å². The first-order valence-electron chi connectivity index (χ1n) is 5.86. The van der Waals surface area contributed by atoms with Crippen molar-refractivity contribution in [1.82, 2.24) is 0 Å². The quantitative estimate of drug-likeness (QED) is 0.684. The lowest BCUT2D eigenvalue weighted by Crippen LogP contribution is -2.09. The highest BCUT2D eigenvalue weighted by Crippen LogP contribution is 2.19. The van der Waals surface area contributed by atoms with Crippen LogP contribution in [0.2, 0.25) is 0 Å². The molecule has 0 saturated heterocycles. The van der Waals surface area contributed by atoms with E-state index in [4.69, 9.17) is 4.74 Å². The minimum absolute atomic E-state index is 0.533. The number of benzene rings is 1. The van der Waals surface area contributed by atoms with Crippen LogP contribution in [0.4, 0.5) is 0 Å². The van der Waals surface area contributed by atoms with E-state index in [1.165, 1.54) is 6.42 Å². The lowest BCUT2D eigenvalue weighted by atomic mass is 10.1. The second kappa shape index (κ2) is 6.31. The topological polar surface area (TPSA) is 26.3 Å². The SMILES string of the molecule is CCCC(C)COc1ccc(C)cc1C=O. The van der Waals surface area contributed by atoms with Gasteiger partial charge < -0.3 is 4.74 Å². The molecular weight excluding hydrogens is 200 g/mol.